The Labute approximate surface area is 270 Å². The molecule has 0 aromatic carbocycles. The zero-order valence-electron chi connectivity index (χ0n) is 28.0. The van der Waals surface area contributed by atoms with Crippen molar-refractivity contribution in [3.05, 3.63) is 12.2 Å². The third-order valence-corrected chi connectivity index (χ3v) is 7.85. The first kappa shape index (κ1) is 42.9. The fourth-order valence-electron chi connectivity index (χ4n) is 4.21. The molecule has 2 atom stereocenters. The number of unbranched alkanes of at least 4 members (excludes halogenated alkanes) is 12. The molecule has 0 amide bonds. The molecule has 0 rings (SSSR count). The molecule has 1 unspecified atom stereocenters. The van der Waals surface area contributed by atoms with Gasteiger partial charge in [-0.15, -0.1) is 0 Å². The van der Waals surface area contributed by atoms with Crippen LogP contribution in [-0.2, 0) is 42.3 Å². The number of carbonyl (C=O) groups is 4. The number of likely N-dealkylation sites (N-methyl/N-ethyl adjacent to an activating group) is 1. The predicted molar refractivity (Wildman–Crippen MR) is 171 cm³/mol. The lowest BCUT2D eigenvalue weighted by atomic mass is 10.0. The average molecular weight is 665 g/mol. The van der Waals surface area contributed by atoms with Gasteiger partial charge in [0.25, 0.3) is 0 Å². The van der Waals surface area contributed by atoms with Crippen LogP contribution in [0.1, 0.15) is 116 Å². The Kier molecular flexibility index (Phi) is 24.8. The van der Waals surface area contributed by atoms with Gasteiger partial charge in [0.2, 0.25) is 0 Å². The number of rotatable bonds is 30. The first-order valence-corrected chi connectivity index (χ1v) is 17.9. The van der Waals surface area contributed by atoms with Crippen molar-refractivity contribution in [2.45, 2.75) is 122 Å². The van der Waals surface area contributed by atoms with Crippen LogP contribution in [0, 0.1) is 0 Å². The number of hydrogen-bond donors (Lipinski definition) is 2. The fraction of sp³-hybridized carbons (Fsp3) is 0.812. The summed E-state index contributed by atoms with van der Waals surface area (Å²) in [5, 5.41) is 8.59. The minimum atomic E-state index is -4.46. The van der Waals surface area contributed by atoms with Crippen molar-refractivity contribution >= 4 is 31.5 Å². The molecule has 12 nitrogen and oxygen atoms in total. The molecule has 0 heterocycles. The molecule has 262 valence electrons. The Morgan fingerprint density at radius 1 is 0.711 bits per heavy atom. The first-order valence-electron chi connectivity index (χ1n) is 16.5. The van der Waals surface area contributed by atoms with E-state index in [4.69, 9.17) is 23.6 Å². The Bertz CT molecular complexity index is 917. The van der Waals surface area contributed by atoms with Gasteiger partial charge in [0.15, 0.2) is 11.9 Å². The topological polar surface area (TPSA) is 163 Å². The molecule has 0 aliphatic heterocycles. The van der Waals surface area contributed by atoms with E-state index in [9.17, 15) is 28.6 Å². The summed E-state index contributed by atoms with van der Waals surface area (Å²) in [5.74, 6) is -2.91. The minimum absolute atomic E-state index is 0.0415. The van der Waals surface area contributed by atoms with Crippen LogP contribution in [0.5, 0.6) is 0 Å². The van der Waals surface area contributed by atoms with Gasteiger partial charge in [-0.2, -0.15) is 0 Å². The highest BCUT2D eigenvalue weighted by molar-refractivity contribution is 7.47. The smallest absolute Gasteiger partial charge is 0.472 e. The summed E-state index contributed by atoms with van der Waals surface area (Å²) in [6.45, 7) is 1.72. The molecule has 2 N–H and O–H groups in total. The van der Waals surface area contributed by atoms with Crippen LogP contribution in [0.3, 0.4) is 0 Å². The van der Waals surface area contributed by atoms with E-state index in [0.717, 1.165) is 31.4 Å². The molecule has 45 heavy (non-hydrogen) atoms. The average Bonchev–Trinajstić information content (AvgIpc) is 2.95. The van der Waals surface area contributed by atoms with Crippen LogP contribution in [0.15, 0.2) is 12.2 Å². The van der Waals surface area contributed by atoms with Gasteiger partial charge in [-0.25, -0.2) is 9.36 Å². The molecular formula is C32H59NO11P+. The summed E-state index contributed by atoms with van der Waals surface area (Å²) in [4.78, 5) is 56.9. The third-order valence-electron chi connectivity index (χ3n) is 6.87. The first-order chi connectivity index (χ1) is 21.2. The molecule has 13 heteroatoms. The summed E-state index contributed by atoms with van der Waals surface area (Å²) < 4.78 is 33.4. The standard InChI is InChI=1S/C32H58NO11P/c1-5-6-7-8-9-10-11-12-13-14-15-16-17-20-31(37)41-26-29(27-43-45(39,40)42-25-24-33(2,3)4)44-32(38)21-18-19-28(34)22-23-30(35)36/h22-23,29H,5-21,24-27H2,1-4H3,(H-,35,36,39,40)/p+1/t29-/m1/s1. The number of carbonyl (C=O) groups excluding carboxylic acids is 3. The molecule has 0 aromatic rings. The van der Waals surface area contributed by atoms with Gasteiger partial charge in [-0.1, -0.05) is 84.0 Å². The largest absolute Gasteiger partial charge is 0.478 e. The normalized spacial score (nSPS) is 13.8. The van der Waals surface area contributed by atoms with E-state index in [1.54, 1.807) is 0 Å². The number of aliphatic carboxylic acids is 1. The monoisotopic (exact) mass is 664 g/mol. The molecule has 0 bridgehead atoms. The maximum absolute atomic E-state index is 12.4. The van der Waals surface area contributed by atoms with Crippen molar-refractivity contribution < 1.29 is 56.7 Å². The van der Waals surface area contributed by atoms with Crippen LogP contribution in [0.4, 0.5) is 0 Å². The number of allylic oxidation sites excluding steroid dienone is 1. The second-order valence-corrected chi connectivity index (χ2v) is 13.8. The number of phosphoric ester groups is 1. The van der Waals surface area contributed by atoms with E-state index in [1.165, 1.54) is 57.8 Å². The number of hydrogen-bond acceptors (Lipinski definition) is 9. The number of carboxylic acids is 1. The van der Waals surface area contributed by atoms with Gasteiger partial charge in [0.05, 0.1) is 27.7 Å². The van der Waals surface area contributed by atoms with Gasteiger partial charge in [-0.05, 0) is 18.9 Å². The SMILES string of the molecule is CCCCCCCCCCCCCCCC(=O)OC[C@H](COP(=O)(O)OCC[N+](C)(C)C)OC(=O)CCCC(=O)C=CC(=O)O. The summed E-state index contributed by atoms with van der Waals surface area (Å²) in [5.41, 5.74) is 0. The Morgan fingerprint density at radius 2 is 1.24 bits per heavy atom. The number of nitrogens with zero attached hydrogens (tertiary/aromatic N) is 1. The van der Waals surface area contributed by atoms with Crippen molar-refractivity contribution in [2.24, 2.45) is 0 Å². The minimum Gasteiger partial charge on any atom is -0.478 e. The van der Waals surface area contributed by atoms with Crippen LogP contribution >= 0.6 is 7.82 Å². The van der Waals surface area contributed by atoms with Crippen LogP contribution in [0.2, 0.25) is 0 Å². The second kappa shape index (κ2) is 26.0. The lowest BCUT2D eigenvalue weighted by Gasteiger charge is -2.24. The van der Waals surface area contributed by atoms with Crippen LogP contribution in [-0.4, -0.2) is 91.8 Å². The maximum atomic E-state index is 12.4. The highest BCUT2D eigenvalue weighted by Crippen LogP contribution is 2.43. The Hall–Kier alpha value is -2.11. The van der Waals surface area contributed by atoms with Crippen LogP contribution < -0.4 is 0 Å². The Morgan fingerprint density at radius 3 is 1.78 bits per heavy atom. The number of ketones is 1. The lowest BCUT2D eigenvalue weighted by molar-refractivity contribution is -0.870. The fourth-order valence-corrected chi connectivity index (χ4v) is 4.95. The van der Waals surface area contributed by atoms with E-state index in [1.807, 2.05) is 21.1 Å². The number of ether oxygens (including phenoxy) is 2. The van der Waals surface area contributed by atoms with E-state index >= 15 is 0 Å². The number of esters is 2. The van der Waals surface area contributed by atoms with Crippen LogP contribution in [0.25, 0.3) is 0 Å². The maximum Gasteiger partial charge on any atom is 0.472 e. The molecule has 0 saturated heterocycles. The number of carboxylic acid groups (broad SMARTS) is 1. The highest BCUT2D eigenvalue weighted by atomic mass is 31.2. The quantitative estimate of drug-likeness (QED) is 0.0298. The van der Waals surface area contributed by atoms with Gasteiger partial charge < -0.3 is 24.0 Å². The van der Waals surface area contributed by atoms with Crippen molar-refractivity contribution in [1.82, 2.24) is 0 Å². The molecule has 0 aliphatic carbocycles. The van der Waals surface area contributed by atoms with Crippen molar-refractivity contribution in [1.29, 1.82) is 0 Å². The summed E-state index contributed by atoms with van der Waals surface area (Å²) >= 11 is 0. The molecule has 0 aromatic heterocycles. The summed E-state index contributed by atoms with van der Waals surface area (Å²) in [6.07, 6.45) is 15.9. The van der Waals surface area contributed by atoms with Crippen molar-refractivity contribution in [3.8, 4) is 0 Å². The van der Waals surface area contributed by atoms with E-state index in [0.29, 0.717) is 17.4 Å². The van der Waals surface area contributed by atoms with Gasteiger partial charge in [-0.3, -0.25) is 23.4 Å². The highest BCUT2D eigenvalue weighted by Gasteiger charge is 2.27. The molecular weight excluding hydrogens is 605 g/mol. The number of phosphoric acid groups is 1. The predicted octanol–water partition coefficient (Wildman–Crippen LogP) is 6.14. The third kappa shape index (κ3) is 30.3. The second-order valence-electron chi connectivity index (χ2n) is 12.4. The zero-order valence-corrected chi connectivity index (χ0v) is 28.9. The lowest BCUT2D eigenvalue weighted by Crippen LogP contribution is -2.37. The van der Waals surface area contributed by atoms with Crippen molar-refractivity contribution in [2.75, 3.05) is 47.5 Å². The summed E-state index contributed by atoms with van der Waals surface area (Å²) in [6, 6.07) is 0. The molecule has 0 fully saturated rings. The molecule has 0 aliphatic rings. The van der Waals surface area contributed by atoms with Crippen molar-refractivity contribution in [3.63, 3.8) is 0 Å². The molecule has 0 spiro atoms. The molecule has 0 radical (unpaired) electrons. The summed E-state index contributed by atoms with van der Waals surface area (Å²) in [7, 11) is 1.22. The van der Waals surface area contributed by atoms with Gasteiger partial charge in [0, 0.05) is 25.3 Å². The van der Waals surface area contributed by atoms with Gasteiger partial charge in [0.1, 0.15) is 19.8 Å². The Balaban J connectivity index is 4.53. The van der Waals surface area contributed by atoms with E-state index in [2.05, 4.69) is 6.92 Å². The molecule has 0 saturated carbocycles. The zero-order chi connectivity index (χ0) is 34.0. The van der Waals surface area contributed by atoms with E-state index in [-0.39, 0.29) is 38.9 Å². The van der Waals surface area contributed by atoms with Gasteiger partial charge >= 0.3 is 25.7 Å². The number of quaternary nitrogens is 1. The van der Waals surface area contributed by atoms with E-state index < -0.39 is 44.2 Å².